The highest BCUT2D eigenvalue weighted by atomic mass is 35.5. The smallest absolute Gasteiger partial charge is 0.356 e. The standard InChI is InChI=1S/C21H20N4O2.ClH/c22-20(26)14-25-19-8-4-3-7-18(19)24(21(25)23)11-12-27-17-10-9-15-5-1-2-6-16(15)13-17;/h1-10,13,23H,11-12,14H2,(H2,22,26);1H. The molecular weight excluding hydrogens is 376 g/mol. The summed E-state index contributed by atoms with van der Waals surface area (Å²) in [5.74, 6) is 0.868. The van der Waals surface area contributed by atoms with E-state index in [4.69, 9.17) is 16.2 Å². The second-order valence-corrected chi connectivity index (χ2v) is 6.41. The molecule has 0 bridgehead atoms. The molecule has 1 heterocycles. The van der Waals surface area contributed by atoms with Crippen molar-refractivity contribution in [1.29, 1.82) is 0 Å². The van der Waals surface area contributed by atoms with Crippen LogP contribution in [0, 0.1) is 0 Å². The predicted molar refractivity (Wildman–Crippen MR) is 105 cm³/mol. The Morgan fingerprint density at radius 3 is 2.50 bits per heavy atom. The van der Waals surface area contributed by atoms with Gasteiger partial charge in [-0.05, 0) is 35.0 Å². The average molecular weight is 397 g/mol. The third kappa shape index (κ3) is 3.73. The minimum atomic E-state index is -0.429. The summed E-state index contributed by atoms with van der Waals surface area (Å²) in [6.45, 7) is 1.06. The summed E-state index contributed by atoms with van der Waals surface area (Å²) < 4.78 is 9.61. The molecule has 4 rings (SSSR count). The Kier molecular flexibility index (Phi) is 5.70. The van der Waals surface area contributed by atoms with Crippen molar-refractivity contribution < 1.29 is 26.5 Å². The Morgan fingerprint density at radius 2 is 1.71 bits per heavy atom. The van der Waals surface area contributed by atoms with E-state index in [9.17, 15) is 4.79 Å². The van der Waals surface area contributed by atoms with Crippen LogP contribution in [0.5, 0.6) is 5.75 Å². The Bertz CT molecular complexity index is 1140. The van der Waals surface area contributed by atoms with E-state index in [1.54, 1.807) is 4.57 Å². The van der Waals surface area contributed by atoms with Crippen molar-refractivity contribution in [2.75, 3.05) is 12.3 Å². The van der Waals surface area contributed by atoms with Crippen molar-refractivity contribution in [2.24, 2.45) is 5.73 Å². The molecule has 0 radical (unpaired) electrons. The first-order chi connectivity index (χ1) is 13.1. The number of para-hydroxylation sites is 2. The second-order valence-electron chi connectivity index (χ2n) is 6.41. The minimum absolute atomic E-state index is 0. The number of carbonyl (C=O) groups excluding carboxylic acids is 1. The largest absolute Gasteiger partial charge is 1.00 e. The van der Waals surface area contributed by atoms with Gasteiger partial charge >= 0.3 is 5.95 Å². The van der Waals surface area contributed by atoms with Crippen molar-refractivity contribution in [1.82, 2.24) is 4.57 Å². The third-order valence-electron chi connectivity index (χ3n) is 4.63. The maximum absolute atomic E-state index is 11.4. The van der Waals surface area contributed by atoms with Crippen LogP contribution in [0.3, 0.4) is 0 Å². The minimum Gasteiger partial charge on any atom is -1.00 e. The average Bonchev–Trinajstić information content (AvgIpc) is 2.93. The summed E-state index contributed by atoms with van der Waals surface area (Å²) in [6, 6.07) is 22.0. The number of benzene rings is 3. The zero-order chi connectivity index (χ0) is 18.8. The van der Waals surface area contributed by atoms with Crippen molar-refractivity contribution >= 4 is 33.7 Å². The molecule has 28 heavy (non-hydrogen) atoms. The van der Waals surface area contributed by atoms with E-state index in [1.807, 2.05) is 59.2 Å². The van der Waals surface area contributed by atoms with E-state index in [2.05, 4.69) is 12.1 Å². The summed E-state index contributed by atoms with van der Waals surface area (Å²) >= 11 is 0. The molecule has 6 nitrogen and oxygen atoms in total. The molecule has 0 aliphatic rings. The lowest BCUT2D eigenvalue weighted by atomic mass is 10.1. The number of hydrogen-bond acceptors (Lipinski definition) is 3. The number of imidazole rings is 1. The molecule has 7 heteroatoms. The fraction of sp³-hybridized carbons (Fsp3) is 0.143. The molecule has 0 fully saturated rings. The molecule has 0 saturated heterocycles. The van der Waals surface area contributed by atoms with Gasteiger partial charge < -0.3 is 22.9 Å². The van der Waals surface area contributed by atoms with Gasteiger partial charge in [0.15, 0.2) is 6.54 Å². The summed E-state index contributed by atoms with van der Waals surface area (Å²) in [7, 11) is 0. The van der Waals surface area contributed by atoms with Crippen LogP contribution >= 0.6 is 0 Å². The van der Waals surface area contributed by atoms with Crippen LogP contribution in [0.2, 0.25) is 0 Å². The van der Waals surface area contributed by atoms with Gasteiger partial charge in [-0.25, -0.2) is 9.13 Å². The van der Waals surface area contributed by atoms with Gasteiger partial charge in [0.2, 0.25) is 0 Å². The Hall–Kier alpha value is -3.25. The molecule has 1 aromatic heterocycles. The highest BCUT2D eigenvalue weighted by Crippen LogP contribution is 2.21. The van der Waals surface area contributed by atoms with Crippen LogP contribution in [0.25, 0.3) is 21.8 Å². The van der Waals surface area contributed by atoms with Gasteiger partial charge in [0.25, 0.3) is 5.91 Å². The third-order valence-corrected chi connectivity index (χ3v) is 4.63. The maximum Gasteiger partial charge on any atom is 0.356 e. The van der Waals surface area contributed by atoms with Crippen LogP contribution < -0.4 is 33.2 Å². The number of nitrogen functional groups attached to an aromatic ring is 1. The monoisotopic (exact) mass is 396 g/mol. The van der Waals surface area contributed by atoms with Crippen LogP contribution in [-0.2, 0) is 17.9 Å². The molecule has 0 unspecified atom stereocenters. The van der Waals surface area contributed by atoms with Crippen molar-refractivity contribution in [3.8, 4) is 5.75 Å². The number of amides is 1. The van der Waals surface area contributed by atoms with E-state index in [-0.39, 0.29) is 19.0 Å². The second kappa shape index (κ2) is 8.19. The number of halogens is 1. The molecule has 0 atom stereocenters. The number of aromatic nitrogens is 2. The number of hydrogen-bond donors (Lipinski definition) is 2. The normalized spacial score (nSPS) is 10.7. The number of nitrogens with two attached hydrogens (primary N) is 2. The Labute approximate surface area is 168 Å². The van der Waals surface area contributed by atoms with E-state index >= 15 is 0 Å². The first kappa shape index (κ1) is 19.5. The number of anilines is 1. The quantitative estimate of drug-likeness (QED) is 0.420. The number of rotatable bonds is 6. The molecule has 4 N–H and O–H groups in total. The fourth-order valence-electron chi connectivity index (χ4n) is 3.38. The topological polar surface area (TPSA) is 87.2 Å². The van der Waals surface area contributed by atoms with E-state index in [0.717, 1.165) is 22.2 Å². The zero-order valence-electron chi connectivity index (χ0n) is 15.2. The van der Waals surface area contributed by atoms with Gasteiger partial charge in [-0.3, -0.25) is 10.5 Å². The van der Waals surface area contributed by atoms with Crippen LogP contribution in [0.15, 0.2) is 66.7 Å². The number of carbonyl (C=O) groups is 1. The number of nitrogens with zero attached hydrogens (tertiary/aromatic N) is 2. The van der Waals surface area contributed by atoms with Gasteiger partial charge in [0, 0.05) is 0 Å². The lowest BCUT2D eigenvalue weighted by molar-refractivity contribution is -0.644. The summed E-state index contributed by atoms with van der Waals surface area (Å²) in [5.41, 5.74) is 13.5. The van der Waals surface area contributed by atoms with Gasteiger partial charge in [-0.2, -0.15) is 0 Å². The molecule has 3 aromatic carbocycles. The number of fused-ring (bicyclic) bond motifs is 2. The van der Waals surface area contributed by atoms with E-state index in [0.29, 0.717) is 19.1 Å². The van der Waals surface area contributed by atoms with Gasteiger partial charge in [0.05, 0.1) is 0 Å². The SMILES string of the molecule is NC(=O)C[n+]1c(N)n(CCOc2ccc3ccccc3c2)c2ccccc21.[Cl-]. The zero-order valence-corrected chi connectivity index (χ0v) is 16.0. The molecule has 0 aliphatic carbocycles. The molecular formula is C21H21ClN4O2. The van der Waals surface area contributed by atoms with Crippen LogP contribution in [0.1, 0.15) is 0 Å². The number of ether oxygens (including phenoxy) is 1. The van der Waals surface area contributed by atoms with Gasteiger partial charge in [-0.1, -0.05) is 42.5 Å². The van der Waals surface area contributed by atoms with Gasteiger partial charge in [0.1, 0.15) is 29.9 Å². The highest BCUT2D eigenvalue weighted by Gasteiger charge is 2.21. The van der Waals surface area contributed by atoms with Gasteiger partial charge in [-0.15, -0.1) is 0 Å². The Balaban J connectivity index is 0.00000225. The summed E-state index contributed by atoms with van der Waals surface area (Å²) in [5, 5.41) is 2.32. The molecule has 4 aromatic rings. The van der Waals surface area contributed by atoms with Crippen molar-refractivity contribution in [3.05, 3.63) is 66.7 Å². The lowest BCUT2D eigenvalue weighted by Gasteiger charge is -2.07. The highest BCUT2D eigenvalue weighted by molar-refractivity contribution is 5.83. The molecule has 0 aliphatic heterocycles. The number of primary amides is 1. The molecule has 0 saturated carbocycles. The van der Waals surface area contributed by atoms with Crippen LogP contribution in [-0.4, -0.2) is 17.1 Å². The first-order valence-electron chi connectivity index (χ1n) is 8.80. The summed E-state index contributed by atoms with van der Waals surface area (Å²) in [4.78, 5) is 11.4. The molecule has 0 spiro atoms. The Morgan fingerprint density at radius 1 is 1.00 bits per heavy atom. The summed E-state index contributed by atoms with van der Waals surface area (Å²) in [6.07, 6.45) is 0. The van der Waals surface area contributed by atoms with E-state index < -0.39 is 5.91 Å². The fourth-order valence-corrected chi connectivity index (χ4v) is 3.38. The van der Waals surface area contributed by atoms with Crippen molar-refractivity contribution in [3.63, 3.8) is 0 Å². The predicted octanol–water partition coefficient (Wildman–Crippen LogP) is -0.767. The first-order valence-corrected chi connectivity index (χ1v) is 8.80. The molecule has 144 valence electrons. The van der Waals surface area contributed by atoms with E-state index in [1.165, 1.54) is 5.39 Å². The molecule has 1 amide bonds. The van der Waals surface area contributed by atoms with Crippen LogP contribution in [0.4, 0.5) is 5.95 Å². The maximum atomic E-state index is 11.4. The van der Waals surface area contributed by atoms with Crippen molar-refractivity contribution in [2.45, 2.75) is 13.1 Å². The lowest BCUT2D eigenvalue weighted by Crippen LogP contribution is -3.00.